The van der Waals surface area contributed by atoms with Gasteiger partial charge in [-0.1, -0.05) is 20.8 Å². The first-order valence-corrected chi connectivity index (χ1v) is 4.62. The molecule has 3 N–H and O–H groups in total. The summed E-state index contributed by atoms with van der Waals surface area (Å²) in [6.45, 7) is 7.16. The van der Waals surface area contributed by atoms with Gasteiger partial charge in [0.25, 0.3) is 0 Å². The van der Waals surface area contributed by atoms with Gasteiger partial charge in [-0.15, -0.1) is 0 Å². The van der Waals surface area contributed by atoms with Crippen molar-refractivity contribution in [3.05, 3.63) is 0 Å². The smallest absolute Gasteiger partial charge is 0.142 e. The molecule has 1 unspecified atom stereocenters. The van der Waals surface area contributed by atoms with E-state index in [1.807, 2.05) is 20.8 Å². The van der Waals surface area contributed by atoms with Crippen LogP contribution >= 0.6 is 0 Å². The van der Waals surface area contributed by atoms with Crippen molar-refractivity contribution in [2.24, 2.45) is 10.6 Å². The molecule has 0 radical (unpaired) electrons. The molecule has 0 fully saturated rings. The van der Waals surface area contributed by atoms with E-state index in [0.29, 0.717) is 4.86 Å². The molecule has 4 heteroatoms. The van der Waals surface area contributed by atoms with E-state index < -0.39 is 9.99 Å². The summed E-state index contributed by atoms with van der Waals surface area (Å²) in [7, 11) is -3.19. The van der Waals surface area contributed by atoms with Crippen LogP contribution in [0.2, 0.25) is 0 Å². The molecule has 0 heterocycles. The van der Waals surface area contributed by atoms with E-state index >= 15 is 0 Å². The van der Waals surface area contributed by atoms with E-state index in [9.17, 15) is 4.21 Å². The molecule has 0 saturated carbocycles. The first-order chi connectivity index (χ1) is 4.15. The fourth-order valence-corrected chi connectivity index (χ4v) is 1.32. The largest absolute Gasteiger partial charge is 0.302 e. The van der Waals surface area contributed by atoms with Gasteiger partial charge >= 0.3 is 0 Å². The maximum atomic E-state index is 10.8. The molecular formula is C6H15NO2S. The van der Waals surface area contributed by atoms with E-state index in [2.05, 4.69) is 0 Å². The Hall–Kier alpha value is -0.0600. The number of rotatable bonds is 0. The molecule has 0 aliphatic heterocycles. The van der Waals surface area contributed by atoms with Crippen LogP contribution in [0.15, 0.2) is 0 Å². The predicted octanol–water partition coefficient (Wildman–Crippen LogP) is 0.856. The normalized spacial score (nSPS) is 18.2. The van der Waals surface area contributed by atoms with Crippen molar-refractivity contribution in [3.63, 3.8) is 0 Å². The zero-order valence-electron chi connectivity index (χ0n) is 6.84. The number of hydrogen-bond donors (Lipinski definition) is 2. The molecule has 62 valence electrons. The Bertz CT molecular complexity index is 223. The van der Waals surface area contributed by atoms with Gasteiger partial charge in [-0.25, -0.2) is 9.35 Å². The molecule has 0 rings (SSSR count). The highest BCUT2D eigenvalue weighted by molar-refractivity contribution is 7.95. The summed E-state index contributed by atoms with van der Waals surface area (Å²) in [5.74, 6) is 0. The van der Waals surface area contributed by atoms with Gasteiger partial charge in [0.05, 0.1) is 0 Å². The van der Waals surface area contributed by atoms with Gasteiger partial charge in [0.15, 0.2) is 0 Å². The fraction of sp³-hybridized carbons (Fsp3) is 0.833. The highest BCUT2D eigenvalue weighted by Crippen LogP contribution is 2.16. The van der Waals surface area contributed by atoms with Gasteiger partial charge in [0, 0.05) is 4.86 Å². The van der Waals surface area contributed by atoms with Crippen molar-refractivity contribution < 1.29 is 8.76 Å². The lowest BCUT2D eigenvalue weighted by Crippen LogP contribution is -2.29. The number of hydrogen-bond acceptors (Lipinski definition) is 1. The molecule has 0 aliphatic rings. The lowest BCUT2D eigenvalue weighted by atomic mass is 9.93. The average Bonchev–Trinajstić information content (AvgIpc) is 1.59. The van der Waals surface area contributed by atoms with Crippen LogP contribution in [0.4, 0.5) is 0 Å². The monoisotopic (exact) mass is 165 g/mol. The SMILES string of the molecule is CC(C(C)(C)C)=S(N)(=O)O. The van der Waals surface area contributed by atoms with Crippen molar-refractivity contribution in [3.8, 4) is 0 Å². The quantitative estimate of drug-likeness (QED) is 0.523. The van der Waals surface area contributed by atoms with Crippen LogP contribution in [0.1, 0.15) is 27.7 Å². The van der Waals surface area contributed by atoms with Crippen molar-refractivity contribution in [1.29, 1.82) is 0 Å². The van der Waals surface area contributed by atoms with E-state index in [1.54, 1.807) is 6.92 Å². The van der Waals surface area contributed by atoms with Crippen molar-refractivity contribution >= 4 is 14.9 Å². The minimum Gasteiger partial charge on any atom is -0.302 e. The van der Waals surface area contributed by atoms with Crippen molar-refractivity contribution in [2.45, 2.75) is 27.7 Å². The Balaban J connectivity index is 5.06. The molecular weight excluding hydrogens is 150 g/mol. The van der Waals surface area contributed by atoms with Crippen molar-refractivity contribution in [1.82, 2.24) is 0 Å². The molecule has 1 atom stereocenters. The molecule has 0 amide bonds. The summed E-state index contributed by atoms with van der Waals surface area (Å²) in [5.41, 5.74) is -0.291. The zero-order chi connectivity index (χ0) is 8.58. The van der Waals surface area contributed by atoms with Gasteiger partial charge in [0.2, 0.25) is 0 Å². The van der Waals surface area contributed by atoms with Gasteiger partial charge in [-0.2, -0.15) is 0 Å². The maximum Gasteiger partial charge on any atom is 0.142 e. The molecule has 0 spiro atoms. The Morgan fingerprint density at radius 1 is 1.50 bits per heavy atom. The first-order valence-electron chi connectivity index (χ1n) is 3.04. The van der Waals surface area contributed by atoms with Crippen LogP contribution < -0.4 is 5.14 Å². The Morgan fingerprint density at radius 3 is 1.80 bits per heavy atom. The van der Waals surface area contributed by atoms with Crippen LogP contribution in [0.5, 0.6) is 0 Å². The van der Waals surface area contributed by atoms with Crippen LogP contribution in [0, 0.1) is 5.41 Å². The van der Waals surface area contributed by atoms with Crippen molar-refractivity contribution in [2.75, 3.05) is 0 Å². The summed E-state index contributed by atoms with van der Waals surface area (Å²) >= 11 is 0. The fourth-order valence-electron chi connectivity index (χ4n) is 0.439. The molecule has 0 aliphatic carbocycles. The molecule has 10 heavy (non-hydrogen) atoms. The molecule has 0 aromatic heterocycles. The molecule has 0 aromatic rings. The second-order valence-corrected chi connectivity index (χ2v) is 5.12. The Morgan fingerprint density at radius 2 is 1.80 bits per heavy atom. The second-order valence-electron chi connectivity index (χ2n) is 3.37. The Kier molecular flexibility index (Phi) is 2.51. The van der Waals surface area contributed by atoms with Crippen LogP contribution in [0.3, 0.4) is 0 Å². The van der Waals surface area contributed by atoms with Crippen LogP contribution in [-0.4, -0.2) is 13.6 Å². The van der Waals surface area contributed by atoms with E-state index in [1.165, 1.54) is 0 Å². The summed E-state index contributed by atoms with van der Waals surface area (Å²) in [5, 5.41) is 5.01. The lowest BCUT2D eigenvalue weighted by Gasteiger charge is -2.19. The summed E-state index contributed by atoms with van der Waals surface area (Å²) in [4.78, 5) is 0.431. The van der Waals surface area contributed by atoms with Gasteiger partial charge in [-0.3, -0.25) is 0 Å². The van der Waals surface area contributed by atoms with E-state index in [0.717, 1.165) is 0 Å². The van der Waals surface area contributed by atoms with E-state index in [4.69, 9.17) is 9.69 Å². The van der Waals surface area contributed by atoms with Gasteiger partial charge < -0.3 is 4.55 Å². The van der Waals surface area contributed by atoms with Gasteiger partial charge in [0.1, 0.15) is 9.99 Å². The summed E-state index contributed by atoms with van der Waals surface area (Å²) in [6, 6.07) is 0. The van der Waals surface area contributed by atoms with Gasteiger partial charge in [-0.05, 0) is 12.3 Å². The second kappa shape index (κ2) is 2.53. The predicted molar refractivity (Wildman–Crippen MR) is 45.1 cm³/mol. The van der Waals surface area contributed by atoms with E-state index in [-0.39, 0.29) is 5.41 Å². The van der Waals surface area contributed by atoms with Crippen LogP contribution in [0.25, 0.3) is 0 Å². The topological polar surface area (TPSA) is 63.3 Å². The standard InChI is InChI=1S/C6H15NO2S/c1-5(6(2,3)4)10(7,8)9/h1-4H3,(H3,7,8,9). The third-order valence-electron chi connectivity index (χ3n) is 1.49. The number of nitrogens with two attached hydrogens (primary N) is 1. The molecule has 3 nitrogen and oxygen atoms in total. The summed E-state index contributed by atoms with van der Waals surface area (Å²) in [6.07, 6.45) is 0. The highest BCUT2D eigenvalue weighted by Gasteiger charge is 2.18. The van der Waals surface area contributed by atoms with Crippen LogP contribution in [-0.2, 0) is 9.99 Å². The lowest BCUT2D eigenvalue weighted by molar-refractivity contribution is 0.549. The minimum atomic E-state index is -3.19. The highest BCUT2D eigenvalue weighted by atomic mass is 32.2. The average molecular weight is 165 g/mol. The summed E-state index contributed by atoms with van der Waals surface area (Å²) < 4.78 is 19.7. The molecule has 0 saturated heterocycles. The Labute approximate surface area is 62.6 Å². The zero-order valence-corrected chi connectivity index (χ0v) is 7.66. The molecule has 0 aromatic carbocycles. The minimum absolute atomic E-state index is 0.291. The third-order valence-corrected chi connectivity index (χ3v) is 2.98. The molecule has 0 bridgehead atoms. The maximum absolute atomic E-state index is 10.8. The third kappa shape index (κ3) is 2.68. The first kappa shape index (κ1) is 9.94.